The van der Waals surface area contributed by atoms with Crippen LogP contribution in [0.25, 0.3) is 0 Å². The molecule has 142 valence electrons. The van der Waals surface area contributed by atoms with E-state index in [2.05, 4.69) is 29.2 Å². The minimum atomic E-state index is -0.0727. The second-order valence-electron chi connectivity index (χ2n) is 7.08. The van der Waals surface area contributed by atoms with Crippen LogP contribution in [0.4, 0.5) is 0 Å². The van der Waals surface area contributed by atoms with E-state index < -0.39 is 0 Å². The summed E-state index contributed by atoms with van der Waals surface area (Å²) in [7, 11) is 1.66. The number of aromatic nitrogens is 1. The number of benzene rings is 2. The summed E-state index contributed by atoms with van der Waals surface area (Å²) in [5, 5.41) is 0. The molecule has 4 rings (SSSR count). The first-order valence-corrected chi connectivity index (χ1v) is 9.66. The molecule has 0 saturated carbocycles. The summed E-state index contributed by atoms with van der Waals surface area (Å²) in [5.41, 5.74) is 4.69. The molecule has 0 bridgehead atoms. The van der Waals surface area contributed by atoms with E-state index >= 15 is 0 Å². The van der Waals surface area contributed by atoms with Gasteiger partial charge in [0.25, 0.3) is 0 Å². The van der Waals surface area contributed by atoms with E-state index in [1.165, 1.54) is 11.1 Å². The highest BCUT2D eigenvalue weighted by molar-refractivity contribution is 5.78. The Balaban J connectivity index is 1.57. The van der Waals surface area contributed by atoms with Gasteiger partial charge >= 0.3 is 0 Å². The summed E-state index contributed by atoms with van der Waals surface area (Å²) in [4.78, 5) is 19.5. The summed E-state index contributed by atoms with van der Waals surface area (Å²) in [6.45, 7) is 0.730. The number of aryl methyl sites for hydroxylation is 1. The third kappa shape index (κ3) is 3.77. The number of pyridine rings is 1. The molecule has 1 atom stereocenters. The maximum Gasteiger partial charge on any atom is 0.223 e. The second-order valence-corrected chi connectivity index (χ2v) is 7.08. The van der Waals surface area contributed by atoms with E-state index in [1.807, 2.05) is 47.5 Å². The van der Waals surface area contributed by atoms with Gasteiger partial charge in [0.05, 0.1) is 13.2 Å². The largest absolute Gasteiger partial charge is 0.497 e. The molecule has 3 aromatic rings. The number of nitrogens with zero attached hydrogens (tertiary/aromatic N) is 2. The van der Waals surface area contributed by atoms with E-state index in [1.54, 1.807) is 13.3 Å². The molecule has 1 aromatic heterocycles. The number of carbonyl (C=O) groups excluding carboxylic acids is 1. The van der Waals surface area contributed by atoms with Gasteiger partial charge in [-0.25, -0.2) is 0 Å². The summed E-state index contributed by atoms with van der Waals surface area (Å²) >= 11 is 0. The van der Waals surface area contributed by atoms with Crippen molar-refractivity contribution in [3.63, 3.8) is 0 Å². The van der Waals surface area contributed by atoms with Crippen molar-refractivity contribution in [2.24, 2.45) is 0 Å². The molecule has 0 radical (unpaired) electrons. The van der Waals surface area contributed by atoms with Crippen molar-refractivity contribution in [2.75, 3.05) is 13.7 Å². The molecule has 0 N–H and O–H groups in total. The van der Waals surface area contributed by atoms with E-state index in [9.17, 15) is 4.79 Å². The third-order valence-corrected chi connectivity index (χ3v) is 5.37. The number of amides is 1. The number of hydrogen-bond donors (Lipinski definition) is 0. The van der Waals surface area contributed by atoms with Crippen molar-refractivity contribution >= 4 is 5.91 Å². The van der Waals surface area contributed by atoms with Crippen molar-refractivity contribution in [3.8, 4) is 5.75 Å². The average molecular weight is 372 g/mol. The van der Waals surface area contributed by atoms with Gasteiger partial charge in [-0.05, 0) is 53.3 Å². The molecule has 1 unspecified atom stereocenters. The summed E-state index contributed by atoms with van der Waals surface area (Å²) in [5.74, 6) is 0.997. The zero-order chi connectivity index (χ0) is 19.3. The smallest absolute Gasteiger partial charge is 0.223 e. The lowest BCUT2D eigenvalue weighted by molar-refractivity contribution is -0.133. The van der Waals surface area contributed by atoms with Crippen LogP contribution in [0.15, 0.2) is 73.1 Å². The average Bonchev–Trinajstić information content (AvgIpc) is 2.77. The van der Waals surface area contributed by atoms with Crippen molar-refractivity contribution in [3.05, 3.63) is 95.3 Å². The van der Waals surface area contributed by atoms with Crippen LogP contribution in [-0.4, -0.2) is 29.4 Å². The highest BCUT2D eigenvalue weighted by Crippen LogP contribution is 2.35. The number of methoxy groups -OCH3 is 1. The fourth-order valence-corrected chi connectivity index (χ4v) is 3.96. The highest BCUT2D eigenvalue weighted by Gasteiger charge is 2.31. The predicted octanol–water partition coefficient (Wildman–Crippen LogP) is 4.20. The Morgan fingerprint density at radius 3 is 2.86 bits per heavy atom. The zero-order valence-corrected chi connectivity index (χ0v) is 16.0. The monoisotopic (exact) mass is 372 g/mol. The summed E-state index contributed by atoms with van der Waals surface area (Å²) in [6, 6.07) is 20.3. The molecule has 1 amide bonds. The molecule has 2 heterocycles. The van der Waals surface area contributed by atoms with Crippen LogP contribution in [0.2, 0.25) is 0 Å². The maximum atomic E-state index is 13.2. The molecule has 2 aromatic carbocycles. The Bertz CT molecular complexity index is 956. The first kappa shape index (κ1) is 18.2. The first-order chi connectivity index (χ1) is 13.8. The highest BCUT2D eigenvalue weighted by atomic mass is 16.5. The lowest BCUT2D eigenvalue weighted by Gasteiger charge is -2.37. The van der Waals surface area contributed by atoms with Crippen molar-refractivity contribution < 1.29 is 9.53 Å². The van der Waals surface area contributed by atoms with Gasteiger partial charge in [-0.1, -0.05) is 42.5 Å². The SMILES string of the molecule is COc1cccc(CCC(=O)N2CCc3ccccc3C2c2cccnc2)c1. The minimum Gasteiger partial charge on any atom is -0.497 e. The lowest BCUT2D eigenvalue weighted by atomic mass is 9.88. The number of ether oxygens (including phenoxy) is 1. The standard InChI is InChI=1S/C24H24N2O2/c1-28-21-9-4-6-18(16-21)11-12-23(27)26-15-13-19-7-2-3-10-22(19)24(26)20-8-5-14-25-17-20/h2-10,14,16-17,24H,11-13,15H2,1H3. The van der Waals surface area contributed by atoms with Crippen molar-refractivity contribution in [1.82, 2.24) is 9.88 Å². The topological polar surface area (TPSA) is 42.4 Å². The molecule has 28 heavy (non-hydrogen) atoms. The molecule has 4 heteroatoms. The van der Waals surface area contributed by atoms with Crippen LogP contribution in [-0.2, 0) is 17.6 Å². The van der Waals surface area contributed by atoms with Gasteiger partial charge in [0.15, 0.2) is 0 Å². The third-order valence-electron chi connectivity index (χ3n) is 5.37. The minimum absolute atomic E-state index is 0.0727. The fourth-order valence-electron chi connectivity index (χ4n) is 3.96. The van der Waals surface area contributed by atoms with Gasteiger partial charge in [-0.15, -0.1) is 0 Å². The van der Waals surface area contributed by atoms with Gasteiger partial charge < -0.3 is 9.64 Å². The Morgan fingerprint density at radius 1 is 1.14 bits per heavy atom. The van der Waals surface area contributed by atoms with Gasteiger partial charge in [0.1, 0.15) is 5.75 Å². The van der Waals surface area contributed by atoms with Gasteiger partial charge in [0, 0.05) is 25.4 Å². The molecule has 1 aliphatic heterocycles. The van der Waals surface area contributed by atoms with Gasteiger partial charge in [-0.3, -0.25) is 9.78 Å². The van der Waals surface area contributed by atoms with Crippen molar-refractivity contribution in [2.45, 2.75) is 25.3 Å². The van der Waals surface area contributed by atoms with E-state index in [0.29, 0.717) is 12.8 Å². The van der Waals surface area contributed by atoms with E-state index in [0.717, 1.165) is 29.8 Å². The number of carbonyl (C=O) groups is 1. The van der Waals surface area contributed by atoms with Crippen LogP contribution in [0.5, 0.6) is 5.75 Å². The van der Waals surface area contributed by atoms with Crippen molar-refractivity contribution in [1.29, 1.82) is 0 Å². The van der Waals surface area contributed by atoms with Crippen LogP contribution in [0, 0.1) is 0 Å². The maximum absolute atomic E-state index is 13.2. The van der Waals surface area contributed by atoms with E-state index in [4.69, 9.17) is 4.74 Å². The summed E-state index contributed by atoms with van der Waals surface area (Å²) < 4.78 is 5.29. The molecule has 4 nitrogen and oxygen atoms in total. The van der Waals surface area contributed by atoms with Crippen LogP contribution >= 0.6 is 0 Å². The second kappa shape index (κ2) is 8.26. The van der Waals surface area contributed by atoms with E-state index in [-0.39, 0.29) is 11.9 Å². The quantitative estimate of drug-likeness (QED) is 0.674. The fraction of sp³-hybridized carbons (Fsp3) is 0.250. The van der Waals surface area contributed by atoms with Crippen LogP contribution < -0.4 is 4.74 Å². The summed E-state index contributed by atoms with van der Waals surface area (Å²) in [6.07, 6.45) is 5.71. The Kier molecular flexibility index (Phi) is 5.38. The molecule has 0 aliphatic carbocycles. The van der Waals surface area contributed by atoms with Gasteiger partial charge in [0.2, 0.25) is 5.91 Å². The Hall–Kier alpha value is -3.14. The number of rotatable bonds is 5. The first-order valence-electron chi connectivity index (χ1n) is 9.66. The Morgan fingerprint density at radius 2 is 2.04 bits per heavy atom. The number of hydrogen-bond acceptors (Lipinski definition) is 3. The predicted molar refractivity (Wildman–Crippen MR) is 109 cm³/mol. The Labute approximate surface area is 165 Å². The molecule has 1 aliphatic rings. The lowest BCUT2D eigenvalue weighted by Crippen LogP contribution is -2.40. The normalized spacial score (nSPS) is 15.8. The molecule has 0 fully saturated rings. The van der Waals surface area contributed by atoms with Crippen LogP contribution in [0.1, 0.15) is 34.7 Å². The molecular weight excluding hydrogens is 348 g/mol. The van der Waals surface area contributed by atoms with Crippen LogP contribution in [0.3, 0.4) is 0 Å². The molecule has 0 saturated heterocycles. The van der Waals surface area contributed by atoms with Gasteiger partial charge in [-0.2, -0.15) is 0 Å². The molecule has 0 spiro atoms. The number of fused-ring (bicyclic) bond motifs is 1. The molecular formula is C24H24N2O2. The zero-order valence-electron chi connectivity index (χ0n) is 16.0.